The number of carbonyl (C=O) groups excluding carboxylic acids is 3. The molecule has 32 heavy (non-hydrogen) atoms. The van der Waals surface area contributed by atoms with Crippen LogP contribution in [-0.4, -0.2) is 42.4 Å². The average molecular weight is 446 g/mol. The van der Waals surface area contributed by atoms with Gasteiger partial charge in [0, 0.05) is 18.7 Å². The molecule has 2 N–H and O–H groups in total. The molecule has 4 rings (SSSR count). The topological polar surface area (TPSA) is 81.8 Å². The van der Waals surface area contributed by atoms with Gasteiger partial charge in [-0.05, 0) is 48.7 Å². The van der Waals surface area contributed by atoms with Crippen molar-refractivity contribution in [3.63, 3.8) is 0 Å². The lowest BCUT2D eigenvalue weighted by Gasteiger charge is -2.23. The Labute approximate surface area is 182 Å². The number of rotatable bonds is 5. The van der Waals surface area contributed by atoms with E-state index in [2.05, 4.69) is 10.6 Å². The van der Waals surface area contributed by atoms with Gasteiger partial charge in [-0.25, -0.2) is 4.79 Å². The summed E-state index contributed by atoms with van der Waals surface area (Å²) in [7, 11) is 0. The minimum absolute atomic E-state index is 0.0460. The summed E-state index contributed by atoms with van der Waals surface area (Å²) in [6.07, 6.45) is -2.65. The highest BCUT2D eigenvalue weighted by Crippen LogP contribution is 2.36. The molecule has 0 spiro atoms. The molecule has 2 aromatic rings. The van der Waals surface area contributed by atoms with Crippen LogP contribution in [0.5, 0.6) is 0 Å². The highest BCUT2D eigenvalue weighted by atomic mass is 19.4. The van der Waals surface area contributed by atoms with E-state index in [-0.39, 0.29) is 30.2 Å². The summed E-state index contributed by atoms with van der Waals surface area (Å²) < 4.78 is 39.7. The van der Waals surface area contributed by atoms with Crippen molar-refractivity contribution in [2.75, 3.05) is 29.9 Å². The maximum absolute atomic E-state index is 13.2. The number of amides is 4. The van der Waals surface area contributed by atoms with Crippen molar-refractivity contribution in [2.45, 2.75) is 25.6 Å². The van der Waals surface area contributed by atoms with E-state index in [1.165, 1.54) is 18.2 Å². The molecule has 2 saturated heterocycles. The molecule has 7 nitrogen and oxygen atoms in total. The van der Waals surface area contributed by atoms with E-state index in [0.717, 1.165) is 29.9 Å². The number of nitrogens with one attached hydrogen (secondary N) is 2. The molecule has 2 fully saturated rings. The van der Waals surface area contributed by atoms with E-state index in [0.29, 0.717) is 24.3 Å². The molecule has 0 unspecified atom stereocenters. The summed E-state index contributed by atoms with van der Waals surface area (Å²) in [6, 6.07) is 9.10. The van der Waals surface area contributed by atoms with Gasteiger partial charge in [0.15, 0.2) is 0 Å². The Bertz CT molecular complexity index is 1030. The smallest absolute Gasteiger partial charge is 0.370 e. The van der Waals surface area contributed by atoms with E-state index >= 15 is 0 Å². The molecule has 2 heterocycles. The predicted octanol–water partition coefficient (Wildman–Crippen LogP) is 3.61. The fraction of sp³-hybridized carbons (Fsp3) is 0.318. The van der Waals surface area contributed by atoms with Crippen LogP contribution in [0.4, 0.5) is 29.3 Å². The van der Waals surface area contributed by atoms with E-state index in [9.17, 15) is 27.6 Å². The Morgan fingerprint density at radius 3 is 2.31 bits per heavy atom. The van der Waals surface area contributed by atoms with E-state index in [1.807, 2.05) is 4.90 Å². The fourth-order valence-electron chi connectivity index (χ4n) is 3.80. The zero-order valence-electron chi connectivity index (χ0n) is 17.0. The number of imide groups is 1. The lowest BCUT2D eigenvalue weighted by Crippen LogP contribution is -2.30. The van der Waals surface area contributed by atoms with Gasteiger partial charge in [-0.3, -0.25) is 14.5 Å². The second-order valence-electron chi connectivity index (χ2n) is 7.71. The first kappa shape index (κ1) is 21.7. The molecule has 0 aromatic heterocycles. The van der Waals surface area contributed by atoms with Crippen molar-refractivity contribution in [2.24, 2.45) is 0 Å². The van der Waals surface area contributed by atoms with Gasteiger partial charge in [0.05, 0.1) is 30.0 Å². The van der Waals surface area contributed by atoms with Crippen molar-refractivity contribution in [3.05, 3.63) is 59.2 Å². The Hall–Kier alpha value is -3.56. The molecule has 2 aliphatic rings. The van der Waals surface area contributed by atoms with Gasteiger partial charge in [0.25, 0.3) is 5.91 Å². The molecule has 0 atom stereocenters. The molecule has 168 valence electrons. The van der Waals surface area contributed by atoms with Gasteiger partial charge in [-0.15, -0.1) is 0 Å². The van der Waals surface area contributed by atoms with Crippen LogP contribution in [-0.2, 0) is 17.5 Å². The van der Waals surface area contributed by atoms with Crippen LogP contribution in [0.25, 0.3) is 0 Å². The number of urea groups is 1. The molecule has 10 heteroatoms. The van der Waals surface area contributed by atoms with Crippen LogP contribution in [0, 0.1) is 0 Å². The van der Waals surface area contributed by atoms with Gasteiger partial charge in [-0.1, -0.05) is 12.1 Å². The molecular formula is C22H21F3N4O3. The highest BCUT2D eigenvalue weighted by molar-refractivity contribution is 6.06. The minimum Gasteiger partial charge on any atom is -0.370 e. The Morgan fingerprint density at radius 2 is 1.72 bits per heavy atom. The minimum atomic E-state index is -4.52. The number of hydrogen-bond donors (Lipinski definition) is 2. The molecule has 0 radical (unpaired) electrons. The third-order valence-corrected chi connectivity index (χ3v) is 5.51. The number of anilines is 2. The summed E-state index contributed by atoms with van der Waals surface area (Å²) >= 11 is 0. The third kappa shape index (κ3) is 4.53. The Kier molecular flexibility index (Phi) is 5.77. The summed E-state index contributed by atoms with van der Waals surface area (Å²) in [5.74, 6) is -0.887. The van der Waals surface area contributed by atoms with Crippen LogP contribution in [0.3, 0.4) is 0 Å². The predicted molar refractivity (Wildman–Crippen MR) is 111 cm³/mol. The molecular weight excluding hydrogens is 425 g/mol. The van der Waals surface area contributed by atoms with Crippen LogP contribution in [0.1, 0.15) is 34.3 Å². The van der Waals surface area contributed by atoms with E-state index in [4.69, 9.17) is 0 Å². The second kappa shape index (κ2) is 8.52. The number of alkyl halides is 3. The van der Waals surface area contributed by atoms with E-state index < -0.39 is 23.7 Å². The maximum atomic E-state index is 13.2. The number of nitrogens with zero attached hydrogens (tertiary/aromatic N) is 2. The van der Waals surface area contributed by atoms with Crippen molar-refractivity contribution in [1.82, 2.24) is 10.2 Å². The Morgan fingerprint density at radius 1 is 1.03 bits per heavy atom. The summed E-state index contributed by atoms with van der Waals surface area (Å²) in [5.41, 5.74) is 0.716. The molecule has 0 bridgehead atoms. The van der Waals surface area contributed by atoms with Gasteiger partial charge in [0.1, 0.15) is 0 Å². The van der Waals surface area contributed by atoms with Gasteiger partial charge in [0.2, 0.25) is 5.91 Å². The molecule has 4 amide bonds. The number of carbonyl (C=O) groups is 3. The average Bonchev–Trinajstić information content (AvgIpc) is 3.39. The fourth-order valence-corrected chi connectivity index (χ4v) is 3.80. The summed E-state index contributed by atoms with van der Waals surface area (Å²) in [6.45, 7) is 1.45. The van der Waals surface area contributed by atoms with Gasteiger partial charge >= 0.3 is 12.2 Å². The normalized spacial score (nSPS) is 16.5. The van der Waals surface area contributed by atoms with Crippen molar-refractivity contribution < 1.29 is 27.6 Å². The SMILES string of the molecule is O=C(Nc1cc(C(F)(F)F)ccc1N1CCCC1)c1ccc(CN2C(=O)CNC2=O)cc1. The van der Waals surface area contributed by atoms with Gasteiger partial charge in [-0.2, -0.15) is 13.2 Å². The summed E-state index contributed by atoms with van der Waals surface area (Å²) in [4.78, 5) is 39.1. The Balaban J connectivity index is 1.52. The van der Waals surface area contributed by atoms with Crippen molar-refractivity contribution in [1.29, 1.82) is 0 Å². The number of hydrogen-bond acceptors (Lipinski definition) is 4. The zero-order chi connectivity index (χ0) is 22.9. The third-order valence-electron chi connectivity index (χ3n) is 5.51. The van der Waals surface area contributed by atoms with Crippen LogP contribution in [0.15, 0.2) is 42.5 Å². The van der Waals surface area contributed by atoms with Crippen LogP contribution >= 0.6 is 0 Å². The zero-order valence-corrected chi connectivity index (χ0v) is 17.0. The summed E-state index contributed by atoms with van der Waals surface area (Å²) in [5, 5.41) is 5.04. The van der Waals surface area contributed by atoms with Crippen LogP contribution in [0.2, 0.25) is 0 Å². The molecule has 2 aromatic carbocycles. The highest BCUT2D eigenvalue weighted by Gasteiger charge is 2.32. The van der Waals surface area contributed by atoms with Gasteiger partial charge < -0.3 is 15.5 Å². The maximum Gasteiger partial charge on any atom is 0.416 e. The first-order valence-electron chi connectivity index (χ1n) is 10.2. The lowest BCUT2D eigenvalue weighted by molar-refractivity contribution is -0.137. The number of benzene rings is 2. The van der Waals surface area contributed by atoms with E-state index in [1.54, 1.807) is 12.1 Å². The monoisotopic (exact) mass is 446 g/mol. The quantitative estimate of drug-likeness (QED) is 0.688. The second-order valence-corrected chi connectivity index (χ2v) is 7.71. The molecule has 2 aliphatic heterocycles. The number of halogens is 3. The van der Waals surface area contributed by atoms with Crippen molar-refractivity contribution in [3.8, 4) is 0 Å². The molecule has 0 aliphatic carbocycles. The molecule has 0 saturated carbocycles. The van der Waals surface area contributed by atoms with Crippen LogP contribution < -0.4 is 15.5 Å². The first-order valence-corrected chi connectivity index (χ1v) is 10.2. The van der Waals surface area contributed by atoms with Crippen molar-refractivity contribution >= 4 is 29.2 Å². The first-order chi connectivity index (χ1) is 15.2. The largest absolute Gasteiger partial charge is 0.416 e. The lowest BCUT2D eigenvalue weighted by atomic mass is 10.1. The standard InChI is InChI=1S/C22H21F3N4O3/c23-22(24,25)16-7-8-18(28-9-1-2-10-28)17(11-16)27-20(31)15-5-3-14(4-6-15)13-29-19(30)12-26-21(29)32/h3-8,11H,1-2,9-10,12-13H2,(H,26,32)(H,27,31).